The Hall–Kier alpha value is -2.82. The number of para-hydroxylation sites is 1. The number of hydrogen-bond acceptors (Lipinski definition) is 3. The van der Waals surface area contributed by atoms with Gasteiger partial charge in [-0.05, 0) is 49.3 Å². The van der Waals surface area contributed by atoms with E-state index in [4.69, 9.17) is 4.74 Å². The Bertz CT molecular complexity index is 933. The average Bonchev–Trinajstić information content (AvgIpc) is 2.76. The van der Waals surface area contributed by atoms with E-state index in [2.05, 4.69) is 32.2 Å². The van der Waals surface area contributed by atoms with Crippen LogP contribution in [0.15, 0.2) is 48.5 Å². The number of ether oxygens (including phenoxy) is 1. The third-order valence-electron chi connectivity index (χ3n) is 5.87. The summed E-state index contributed by atoms with van der Waals surface area (Å²) in [6.07, 6.45) is 1.36. The van der Waals surface area contributed by atoms with Crippen LogP contribution < -0.4 is 10.1 Å². The summed E-state index contributed by atoms with van der Waals surface area (Å²) in [4.78, 5) is 28.2. The molecule has 0 heterocycles. The van der Waals surface area contributed by atoms with Crippen LogP contribution >= 0.6 is 0 Å². The van der Waals surface area contributed by atoms with Gasteiger partial charge in [0.15, 0.2) is 6.61 Å². The Labute approximate surface area is 199 Å². The van der Waals surface area contributed by atoms with Crippen LogP contribution in [0.1, 0.15) is 71.1 Å². The number of nitrogens with one attached hydrogen (secondary N) is 1. The van der Waals surface area contributed by atoms with Gasteiger partial charge < -0.3 is 15.0 Å². The van der Waals surface area contributed by atoms with Gasteiger partial charge >= 0.3 is 0 Å². The highest BCUT2D eigenvalue weighted by Crippen LogP contribution is 2.31. The minimum atomic E-state index is -0.562. The van der Waals surface area contributed by atoms with Gasteiger partial charge in [-0.3, -0.25) is 9.59 Å². The lowest BCUT2D eigenvalue weighted by Gasteiger charge is -2.32. The van der Waals surface area contributed by atoms with Gasteiger partial charge in [-0.15, -0.1) is 0 Å². The van der Waals surface area contributed by atoms with E-state index in [1.54, 1.807) is 4.90 Å². The van der Waals surface area contributed by atoms with Crippen LogP contribution in [0.5, 0.6) is 5.75 Å². The third kappa shape index (κ3) is 7.62. The minimum Gasteiger partial charge on any atom is -0.483 e. The molecule has 0 aliphatic rings. The molecule has 0 aliphatic carbocycles. The van der Waals surface area contributed by atoms with E-state index in [1.807, 2.05) is 70.2 Å². The Morgan fingerprint density at radius 1 is 1.03 bits per heavy atom. The molecule has 0 saturated heterocycles. The van der Waals surface area contributed by atoms with Gasteiger partial charge in [0, 0.05) is 12.6 Å². The number of benzene rings is 2. The fraction of sp³-hybridized carbons (Fsp3) is 0.500. The quantitative estimate of drug-likeness (QED) is 0.526. The lowest BCUT2D eigenvalue weighted by Crippen LogP contribution is -2.51. The van der Waals surface area contributed by atoms with E-state index in [0.717, 1.165) is 23.1 Å². The normalized spacial score (nSPS) is 13.2. The second-order valence-electron chi connectivity index (χ2n) is 9.79. The van der Waals surface area contributed by atoms with Crippen LogP contribution in [0.3, 0.4) is 0 Å². The van der Waals surface area contributed by atoms with Crippen LogP contribution in [0.25, 0.3) is 0 Å². The van der Waals surface area contributed by atoms with Crippen LogP contribution in [-0.4, -0.2) is 35.4 Å². The maximum Gasteiger partial charge on any atom is 0.261 e. The number of amides is 2. The van der Waals surface area contributed by atoms with Crippen molar-refractivity contribution in [2.75, 3.05) is 6.61 Å². The van der Waals surface area contributed by atoms with E-state index < -0.39 is 6.04 Å². The van der Waals surface area contributed by atoms with Crippen LogP contribution in [-0.2, 0) is 21.5 Å². The molecular weight excluding hydrogens is 412 g/mol. The fourth-order valence-electron chi connectivity index (χ4n) is 3.80. The summed E-state index contributed by atoms with van der Waals surface area (Å²) >= 11 is 0. The molecule has 2 rings (SSSR count). The molecule has 2 aromatic carbocycles. The van der Waals surface area contributed by atoms with E-state index >= 15 is 0 Å². The first-order valence-corrected chi connectivity index (χ1v) is 11.9. The molecule has 2 unspecified atom stereocenters. The van der Waals surface area contributed by atoms with Crippen molar-refractivity contribution >= 4 is 11.8 Å². The molecular formula is C28H40N2O3. The summed E-state index contributed by atoms with van der Waals surface area (Å²) in [5.41, 5.74) is 3.05. The number of rotatable bonds is 10. The Morgan fingerprint density at radius 2 is 1.73 bits per heavy atom. The molecule has 0 aliphatic heterocycles. The zero-order valence-electron chi connectivity index (χ0n) is 21.3. The standard InChI is InChI=1S/C28H40N2O3/c1-8-21(4)29-27(32)24(9-2)30(18-22-14-12-13-20(3)17-22)26(31)19-33-25-16-11-10-15-23(25)28(5,6)7/h10-17,21,24H,8-9,18-19H2,1-7H3,(H,29,32). The van der Waals surface area contributed by atoms with Crippen molar-refractivity contribution in [2.24, 2.45) is 0 Å². The highest BCUT2D eigenvalue weighted by atomic mass is 16.5. The molecule has 33 heavy (non-hydrogen) atoms. The molecule has 5 nitrogen and oxygen atoms in total. The van der Waals surface area contributed by atoms with Crippen LogP contribution in [0.2, 0.25) is 0 Å². The van der Waals surface area contributed by atoms with E-state index in [1.165, 1.54) is 0 Å². The number of carbonyl (C=O) groups excluding carboxylic acids is 2. The number of carbonyl (C=O) groups is 2. The molecule has 0 fully saturated rings. The van der Waals surface area contributed by atoms with Gasteiger partial charge in [0.25, 0.3) is 5.91 Å². The molecule has 1 N–H and O–H groups in total. The van der Waals surface area contributed by atoms with Crippen molar-refractivity contribution in [3.8, 4) is 5.75 Å². The van der Waals surface area contributed by atoms with Gasteiger partial charge in [0.05, 0.1) is 0 Å². The largest absolute Gasteiger partial charge is 0.483 e. The van der Waals surface area contributed by atoms with Gasteiger partial charge in [-0.25, -0.2) is 0 Å². The predicted molar refractivity (Wildman–Crippen MR) is 134 cm³/mol. The minimum absolute atomic E-state index is 0.0531. The average molecular weight is 453 g/mol. The number of aryl methyl sites for hydroxylation is 1. The first-order chi connectivity index (χ1) is 15.6. The SMILES string of the molecule is CCC(C)NC(=O)C(CC)N(Cc1cccc(C)c1)C(=O)COc1ccccc1C(C)(C)C. The molecule has 0 spiro atoms. The Morgan fingerprint density at radius 3 is 2.33 bits per heavy atom. The Kier molecular flexibility index (Phi) is 9.51. The van der Waals surface area contributed by atoms with Crippen LogP contribution in [0, 0.1) is 6.92 Å². The third-order valence-corrected chi connectivity index (χ3v) is 5.87. The first-order valence-electron chi connectivity index (χ1n) is 11.9. The summed E-state index contributed by atoms with van der Waals surface area (Å²) in [7, 11) is 0. The molecule has 0 aromatic heterocycles. The second-order valence-corrected chi connectivity index (χ2v) is 9.79. The van der Waals surface area contributed by atoms with Gasteiger partial charge in [-0.2, -0.15) is 0 Å². The maximum absolute atomic E-state index is 13.4. The number of hydrogen-bond donors (Lipinski definition) is 1. The highest BCUT2D eigenvalue weighted by Gasteiger charge is 2.30. The summed E-state index contributed by atoms with van der Waals surface area (Å²) in [6, 6.07) is 15.3. The zero-order valence-corrected chi connectivity index (χ0v) is 21.3. The van der Waals surface area contributed by atoms with E-state index in [-0.39, 0.29) is 29.9 Å². The number of nitrogens with zero attached hydrogens (tertiary/aromatic N) is 1. The van der Waals surface area contributed by atoms with Gasteiger partial charge in [0.1, 0.15) is 11.8 Å². The topological polar surface area (TPSA) is 58.6 Å². The smallest absolute Gasteiger partial charge is 0.261 e. The molecule has 2 amide bonds. The van der Waals surface area contributed by atoms with Crippen molar-refractivity contribution in [1.29, 1.82) is 0 Å². The summed E-state index contributed by atoms with van der Waals surface area (Å²) in [5.74, 6) is 0.375. The van der Waals surface area contributed by atoms with E-state index in [9.17, 15) is 9.59 Å². The maximum atomic E-state index is 13.4. The van der Waals surface area contributed by atoms with Crippen molar-refractivity contribution in [1.82, 2.24) is 10.2 Å². The second kappa shape index (κ2) is 11.9. The van der Waals surface area contributed by atoms with E-state index in [0.29, 0.717) is 18.7 Å². The van der Waals surface area contributed by atoms with Crippen molar-refractivity contribution in [3.05, 3.63) is 65.2 Å². The molecule has 0 bridgehead atoms. The monoisotopic (exact) mass is 452 g/mol. The molecule has 2 atom stereocenters. The highest BCUT2D eigenvalue weighted by molar-refractivity contribution is 5.88. The molecule has 0 radical (unpaired) electrons. The summed E-state index contributed by atoms with van der Waals surface area (Å²) < 4.78 is 6.02. The fourth-order valence-corrected chi connectivity index (χ4v) is 3.80. The molecule has 5 heteroatoms. The zero-order chi connectivity index (χ0) is 24.6. The predicted octanol–water partition coefficient (Wildman–Crippen LogP) is 5.39. The summed E-state index contributed by atoms with van der Waals surface area (Å²) in [5, 5.41) is 3.04. The Balaban J connectivity index is 2.28. The summed E-state index contributed by atoms with van der Waals surface area (Å²) in [6.45, 7) is 14.6. The van der Waals surface area contributed by atoms with Gasteiger partial charge in [-0.1, -0.05) is 82.6 Å². The molecule has 0 saturated carbocycles. The lowest BCUT2D eigenvalue weighted by molar-refractivity contribution is -0.143. The van der Waals surface area contributed by atoms with Crippen molar-refractivity contribution in [3.63, 3.8) is 0 Å². The molecule has 180 valence electrons. The lowest BCUT2D eigenvalue weighted by atomic mass is 9.86. The molecule has 2 aromatic rings. The van der Waals surface area contributed by atoms with Crippen molar-refractivity contribution in [2.45, 2.75) is 85.4 Å². The van der Waals surface area contributed by atoms with Crippen LogP contribution in [0.4, 0.5) is 0 Å². The van der Waals surface area contributed by atoms with Gasteiger partial charge in [0.2, 0.25) is 5.91 Å². The first kappa shape index (κ1) is 26.4. The van der Waals surface area contributed by atoms with Crippen molar-refractivity contribution < 1.29 is 14.3 Å².